The number of rotatable bonds is 6. The Bertz CT molecular complexity index is 1240. The molecule has 0 bridgehead atoms. The maximum absolute atomic E-state index is 13.4. The normalized spacial score (nSPS) is 16.3. The summed E-state index contributed by atoms with van der Waals surface area (Å²) < 4.78 is 32.0. The topological polar surface area (TPSA) is 82.9 Å². The van der Waals surface area contributed by atoms with Crippen LogP contribution in [0.15, 0.2) is 48.5 Å². The van der Waals surface area contributed by atoms with Crippen LogP contribution in [0.1, 0.15) is 34.6 Å². The molecule has 2 heterocycles. The molecule has 1 amide bonds. The predicted molar refractivity (Wildman–Crippen MR) is 124 cm³/mol. The van der Waals surface area contributed by atoms with Crippen LogP contribution in [0.3, 0.4) is 0 Å². The van der Waals surface area contributed by atoms with Crippen molar-refractivity contribution >= 4 is 11.9 Å². The average molecular weight is 480 g/mol. The Kier molecular flexibility index (Phi) is 6.39. The van der Waals surface area contributed by atoms with Crippen molar-refractivity contribution in [1.82, 2.24) is 14.7 Å². The van der Waals surface area contributed by atoms with E-state index in [0.717, 1.165) is 30.5 Å². The summed E-state index contributed by atoms with van der Waals surface area (Å²) in [6.07, 6.45) is 3.07. The van der Waals surface area contributed by atoms with Gasteiger partial charge in [-0.15, -0.1) is 0 Å². The lowest BCUT2D eigenvalue weighted by atomic mass is 9.95. The predicted octanol–water partition coefficient (Wildman–Crippen LogP) is 3.35. The average Bonchev–Trinajstić information content (AvgIpc) is 3.27. The van der Waals surface area contributed by atoms with E-state index in [-0.39, 0.29) is 23.5 Å². The van der Waals surface area contributed by atoms with Crippen LogP contribution in [0.4, 0.5) is 4.39 Å². The first kappa shape index (κ1) is 22.9. The second-order valence-electron chi connectivity index (χ2n) is 8.72. The molecule has 8 nitrogen and oxygen atoms in total. The summed E-state index contributed by atoms with van der Waals surface area (Å²) >= 11 is 0. The van der Waals surface area contributed by atoms with E-state index in [1.165, 1.54) is 17.0 Å². The number of amides is 1. The molecule has 0 saturated carbocycles. The zero-order valence-corrected chi connectivity index (χ0v) is 19.4. The Balaban J connectivity index is 1.22. The summed E-state index contributed by atoms with van der Waals surface area (Å²) in [6.45, 7) is 0.207. The van der Waals surface area contributed by atoms with Crippen LogP contribution in [-0.2, 0) is 22.4 Å². The van der Waals surface area contributed by atoms with Crippen molar-refractivity contribution in [2.45, 2.75) is 31.8 Å². The molecule has 0 saturated heterocycles. The molecule has 0 radical (unpaired) electrons. The van der Waals surface area contributed by atoms with Gasteiger partial charge in [0.15, 0.2) is 29.9 Å². The number of likely N-dealkylation sites (N-methyl/N-ethyl adjacent to an activating group) is 1. The minimum atomic E-state index is -0.642. The molecule has 1 unspecified atom stereocenters. The van der Waals surface area contributed by atoms with Gasteiger partial charge >= 0.3 is 5.97 Å². The summed E-state index contributed by atoms with van der Waals surface area (Å²) in [5.41, 5.74) is 2.64. The summed E-state index contributed by atoms with van der Waals surface area (Å²) in [7, 11) is 1.63. The summed E-state index contributed by atoms with van der Waals surface area (Å²) in [6, 6.07) is 13.3. The third-order valence-electron chi connectivity index (χ3n) is 6.24. The van der Waals surface area contributed by atoms with Crippen molar-refractivity contribution in [2.75, 3.05) is 26.8 Å². The maximum atomic E-state index is 13.4. The second-order valence-corrected chi connectivity index (χ2v) is 8.72. The number of fused-ring (bicyclic) bond motifs is 2. The standard InChI is InChI=1S/C26H26FN3O5/c1-29(14-19-15-33-22-8-4-5-9-23(22)35-19)24(31)16-34-26(32)25-20-6-2-3-7-21(20)30(28-25)18-12-10-17(27)11-13-18/h4-5,8-13,19H,2-3,6-7,14-16H2,1H3. The van der Waals surface area contributed by atoms with Gasteiger partial charge in [-0.05, 0) is 62.1 Å². The highest BCUT2D eigenvalue weighted by Gasteiger charge is 2.28. The number of para-hydroxylation sites is 2. The quantitative estimate of drug-likeness (QED) is 0.505. The fourth-order valence-corrected chi connectivity index (χ4v) is 4.42. The van der Waals surface area contributed by atoms with Gasteiger partial charge in [-0.25, -0.2) is 13.9 Å². The first-order valence-electron chi connectivity index (χ1n) is 11.7. The first-order valence-corrected chi connectivity index (χ1v) is 11.7. The number of hydrogen-bond donors (Lipinski definition) is 0. The fraction of sp³-hybridized carbons (Fsp3) is 0.346. The van der Waals surface area contributed by atoms with Crippen LogP contribution in [0.2, 0.25) is 0 Å². The molecule has 0 fully saturated rings. The van der Waals surface area contributed by atoms with Crippen molar-refractivity contribution in [1.29, 1.82) is 0 Å². The molecule has 9 heteroatoms. The first-order chi connectivity index (χ1) is 17.0. The Morgan fingerprint density at radius 2 is 1.86 bits per heavy atom. The molecule has 3 aromatic rings. The van der Waals surface area contributed by atoms with E-state index >= 15 is 0 Å². The van der Waals surface area contributed by atoms with Crippen molar-refractivity contribution in [2.24, 2.45) is 0 Å². The second kappa shape index (κ2) is 9.77. The Morgan fingerprint density at radius 1 is 1.11 bits per heavy atom. The van der Waals surface area contributed by atoms with Crippen LogP contribution < -0.4 is 9.47 Å². The van der Waals surface area contributed by atoms with E-state index in [1.54, 1.807) is 23.9 Å². The van der Waals surface area contributed by atoms with Gasteiger partial charge < -0.3 is 19.1 Å². The summed E-state index contributed by atoms with van der Waals surface area (Å²) in [5, 5.41) is 4.49. The third-order valence-corrected chi connectivity index (χ3v) is 6.24. The highest BCUT2D eigenvalue weighted by atomic mass is 19.1. The summed E-state index contributed by atoms with van der Waals surface area (Å²) in [4.78, 5) is 27.0. The van der Waals surface area contributed by atoms with Gasteiger partial charge in [0.05, 0.1) is 12.2 Å². The lowest BCUT2D eigenvalue weighted by molar-refractivity contribution is -0.134. The fourth-order valence-electron chi connectivity index (χ4n) is 4.42. The van der Waals surface area contributed by atoms with Crippen molar-refractivity contribution in [3.05, 3.63) is 71.3 Å². The molecular formula is C26H26FN3O5. The number of benzene rings is 2. The van der Waals surface area contributed by atoms with E-state index in [2.05, 4.69) is 5.10 Å². The Labute approximate surface area is 202 Å². The number of nitrogens with zero attached hydrogens (tertiary/aromatic N) is 3. The van der Waals surface area contributed by atoms with Crippen LogP contribution in [0.5, 0.6) is 11.5 Å². The molecule has 1 atom stereocenters. The molecule has 0 spiro atoms. The third kappa shape index (κ3) is 4.84. The zero-order chi connectivity index (χ0) is 24.4. The maximum Gasteiger partial charge on any atom is 0.359 e. The Morgan fingerprint density at radius 3 is 2.66 bits per heavy atom. The molecule has 2 aromatic carbocycles. The smallest absolute Gasteiger partial charge is 0.359 e. The molecule has 35 heavy (non-hydrogen) atoms. The monoisotopic (exact) mass is 479 g/mol. The van der Waals surface area contributed by atoms with Gasteiger partial charge in [-0.3, -0.25) is 4.79 Å². The Hall–Kier alpha value is -3.88. The number of hydrogen-bond acceptors (Lipinski definition) is 6. The molecule has 5 rings (SSSR count). The lowest BCUT2D eigenvalue weighted by Crippen LogP contribution is -2.43. The summed E-state index contributed by atoms with van der Waals surface area (Å²) in [5.74, 6) is -0.0244. The van der Waals surface area contributed by atoms with E-state index in [1.807, 2.05) is 24.3 Å². The number of carbonyl (C=O) groups is 2. The van der Waals surface area contributed by atoms with Gasteiger partial charge in [-0.2, -0.15) is 5.10 Å². The van der Waals surface area contributed by atoms with Crippen molar-refractivity contribution < 1.29 is 28.2 Å². The van der Waals surface area contributed by atoms with Crippen LogP contribution >= 0.6 is 0 Å². The highest BCUT2D eigenvalue weighted by molar-refractivity contribution is 5.91. The van der Waals surface area contributed by atoms with E-state index in [0.29, 0.717) is 36.8 Å². The van der Waals surface area contributed by atoms with Gasteiger partial charge in [0.1, 0.15) is 12.4 Å². The van der Waals surface area contributed by atoms with E-state index in [9.17, 15) is 14.0 Å². The molecule has 0 N–H and O–H groups in total. The van der Waals surface area contributed by atoms with E-state index in [4.69, 9.17) is 14.2 Å². The van der Waals surface area contributed by atoms with Gasteiger partial charge in [0.25, 0.3) is 5.91 Å². The largest absolute Gasteiger partial charge is 0.486 e. The van der Waals surface area contributed by atoms with Crippen molar-refractivity contribution in [3.63, 3.8) is 0 Å². The van der Waals surface area contributed by atoms with E-state index < -0.39 is 12.6 Å². The molecule has 1 aliphatic heterocycles. The minimum Gasteiger partial charge on any atom is -0.486 e. The lowest BCUT2D eigenvalue weighted by Gasteiger charge is -2.29. The number of esters is 1. The SMILES string of the molecule is CN(CC1COc2ccccc2O1)C(=O)COC(=O)c1nn(-c2ccc(F)cc2)c2c1CCCC2. The minimum absolute atomic E-state index is 0.208. The van der Waals surface area contributed by atoms with Gasteiger partial charge in [0.2, 0.25) is 0 Å². The number of halogens is 1. The zero-order valence-electron chi connectivity index (χ0n) is 19.4. The molecule has 182 valence electrons. The van der Waals surface area contributed by atoms with Gasteiger partial charge in [0, 0.05) is 18.3 Å². The van der Waals surface area contributed by atoms with Crippen molar-refractivity contribution in [3.8, 4) is 17.2 Å². The number of carbonyl (C=O) groups excluding carboxylic acids is 2. The number of aromatic nitrogens is 2. The van der Waals surface area contributed by atoms with Gasteiger partial charge in [-0.1, -0.05) is 12.1 Å². The van der Waals surface area contributed by atoms with Crippen LogP contribution in [0.25, 0.3) is 5.69 Å². The van der Waals surface area contributed by atoms with Crippen LogP contribution in [-0.4, -0.2) is 59.5 Å². The van der Waals surface area contributed by atoms with Crippen LogP contribution in [0, 0.1) is 5.82 Å². The molecular weight excluding hydrogens is 453 g/mol. The number of ether oxygens (including phenoxy) is 3. The highest BCUT2D eigenvalue weighted by Crippen LogP contribution is 2.31. The molecule has 1 aliphatic carbocycles. The molecule has 2 aliphatic rings. The molecule has 1 aromatic heterocycles.